The van der Waals surface area contributed by atoms with Crippen molar-refractivity contribution in [2.45, 2.75) is 12.5 Å². The van der Waals surface area contributed by atoms with Crippen molar-refractivity contribution in [1.82, 2.24) is 14.9 Å². The van der Waals surface area contributed by atoms with Gasteiger partial charge in [0, 0.05) is 38.1 Å². The number of likely N-dealkylation sites (tertiary alicyclic amines) is 1. The molecule has 0 aliphatic carbocycles. The van der Waals surface area contributed by atoms with Crippen LogP contribution in [0.1, 0.15) is 5.69 Å². The van der Waals surface area contributed by atoms with E-state index in [4.69, 9.17) is 5.73 Å². The Morgan fingerprint density at radius 1 is 1.57 bits per heavy atom. The van der Waals surface area contributed by atoms with Crippen LogP contribution in [0.2, 0.25) is 0 Å². The Kier molecular flexibility index (Phi) is 2.41. The molecule has 1 aliphatic heterocycles. The van der Waals surface area contributed by atoms with Gasteiger partial charge in [0.15, 0.2) is 0 Å². The van der Waals surface area contributed by atoms with Crippen molar-refractivity contribution in [2.24, 2.45) is 5.73 Å². The molecular formula is C9H12N4O. The fourth-order valence-electron chi connectivity index (χ4n) is 1.44. The Labute approximate surface area is 82.0 Å². The summed E-state index contributed by atoms with van der Waals surface area (Å²) < 4.78 is 0. The van der Waals surface area contributed by atoms with Gasteiger partial charge in [-0.05, 0) is 0 Å². The zero-order valence-corrected chi connectivity index (χ0v) is 7.76. The molecule has 0 saturated carbocycles. The highest BCUT2D eigenvalue weighted by Crippen LogP contribution is 2.08. The molecule has 1 fully saturated rings. The normalized spacial score (nSPS) is 20.8. The predicted octanol–water partition coefficient (Wildman–Crippen LogP) is -0.811. The number of carbonyl (C=O) groups excluding carboxylic acids is 1. The van der Waals surface area contributed by atoms with E-state index in [9.17, 15) is 4.79 Å². The summed E-state index contributed by atoms with van der Waals surface area (Å²) in [4.78, 5) is 21.0. The summed E-state index contributed by atoms with van der Waals surface area (Å²) in [6.07, 6.45) is 5.74. The number of aromatic nitrogens is 2. The van der Waals surface area contributed by atoms with Crippen LogP contribution in [0.25, 0.3) is 0 Å². The standard InChI is InChI=1S/C9H12N4O/c10-8-6-13(9(8)14)4-1-7-5-11-2-3-12-7/h2-3,5,8H,1,4,6,10H2. The Bertz CT molecular complexity index is 327. The maximum Gasteiger partial charge on any atom is 0.241 e. The number of amides is 1. The average molecular weight is 192 g/mol. The minimum Gasteiger partial charge on any atom is -0.339 e. The third-order valence-corrected chi connectivity index (χ3v) is 2.30. The highest BCUT2D eigenvalue weighted by atomic mass is 16.2. The first-order valence-corrected chi connectivity index (χ1v) is 4.56. The Hall–Kier alpha value is -1.49. The molecule has 2 N–H and O–H groups in total. The molecule has 1 atom stereocenters. The summed E-state index contributed by atoms with van der Waals surface area (Å²) in [5, 5.41) is 0. The van der Waals surface area contributed by atoms with E-state index in [0.29, 0.717) is 13.1 Å². The molecule has 2 heterocycles. The van der Waals surface area contributed by atoms with E-state index in [1.807, 2.05) is 0 Å². The lowest BCUT2D eigenvalue weighted by atomic mass is 10.1. The van der Waals surface area contributed by atoms with Crippen molar-refractivity contribution in [2.75, 3.05) is 13.1 Å². The van der Waals surface area contributed by atoms with E-state index >= 15 is 0 Å². The number of hydrogen-bond acceptors (Lipinski definition) is 4. The van der Waals surface area contributed by atoms with Crippen LogP contribution in [-0.4, -0.2) is 39.9 Å². The minimum absolute atomic E-state index is 0.0360. The molecule has 1 amide bonds. The van der Waals surface area contributed by atoms with Gasteiger partial charge < -0.3 is 10.6 Å². The summed E-state index contributed by atoms with van der Waals surface area (Å²) in [5.41, 5.74) is 6.37. The van der Waals surface area contributed by atoms with E-state index in [1.165, 1.54) is 0 Å². The number of β-lactam (4-membered cyclic amide) rings is 1. The summed E-state index contributed by atoms with van der Waals surface area (Å²) in [6.45, 7) is 1.35. The SMILES string of the molecule is NC1CN(CCc2cnccn2)C1=O. The summed E-state index contributed by atoms with van der Waals surface area (Å²) in [7, 11) is 0. The van der Waals surface area contributed by atoms with Crippen molar-refractivity contribution >= 4 is 5.91 Å². The number of nitrogens with zero attached hydrogens (tertiary/aromatic N) is 3. The Morgan fingerprint density at radius 2 is 2.43 bits per heavy atom. The van der Waals surface area contributed by atoms with Crippen LogP contribution in [0.15, 0.2) is 18.6 Å². The molecule has 1 aromatic rings. The van der Waals surface area contributed by atoms with E-state index in [-0.39, 0.29) is 11.9 Å². The van der Waals surface area contributed by atoms with Crippen LogP contribution in [0, 0.1) is 0 Å². The molecule has 74 valence electrons. The van der Waals surface area contributed by atoms with Crippen LogP contribution >= 0.6 is 0 Å². The molecule has 0 radical (unpaired) electrons. The summed E-state index contributed by atoms with van der Waals surface area (Å²) >= 11 is 0. The molecular weight excluding hydrogens is 180 g/mol. The van der Waals surface area contributed by atoms with Crippen molar-refractivity contribution in [1.29, 1.82) is 0 Å². The monoisotopic (exact) mass is 192 g/mol. The van der Waals surface area contributed by atoms with Crippen molar-refractivity contribution in [3.05, 3.63) is 24.3 Å². The lowest BCUT2D eigenvalue weighted by Gasteiger charge is -2.35. The van der Waals surface area contributed by atoms with Gasteiger partial charge >= 0.3 is 0 Å². The van der Waals surface area contributed by atoms with Gasteiger partial charge in [-0.15, -0.1) is 0 Å². The van der Waals surface area contributed by atoms with Gasteiger partial charge in [-0.1, -0.05) is 0 Å². The van der Waals surface area contributed by atoms with Gasteiger partial charge in [-0.3, -0.25) is 14.8 Å². The fraction of sp³-hybridized carbons (Fsp3) is 0.444. The second-order valence-corrected chi connectivity index (χ2v) is 3.34. The molecule has 1 aliphatic rings. The largest absolute Gasteiger partial charge is 0.339 e. The Balaban J connectivity index is 1.82. The molecule has 1 saturated heterocycles. The molecule has 5 heteroatoms. The topological polar surface area (TPSA) is 72.1 Å². The quantitative estimate of drug-likeness (QED) is 0.636. The van der Waals surface area contributed by atoms with Crippen molar-refractivity contribution < 1.29 is 4.79 Å². The van der Waals surface area contributed by atoms with Crippen LogP contribution in [-0.2, 0) is 11.2 Å². The van der Waals surface area contributed by atoms with Gasteiger partial charge in [0.2, 0.25) is 5.91 Å². The van der Waals surface area contributed by atoms with Gasteiger partial charge in [0.1, 0.15) is 6.04 Å². The van der Waals surface area contributed by atoms with Gasteiger partial charge in [-0.2, -0.15) is 0 Å². The highest BCUT2D eigenvalue weighted by Gasteiger charge is 2.32. The van der Waals surface area contributed by atoms with Gasteiger partial charge in [0.05, 0.1) is 5.69 Å². The molecule has 14 heavy (non-hydrogen) atoms. The lowest BCUT2D eigenvalue weighted by Crippen LogP contribution is -2.61. The van der Waals surface area contributed by atoms with E-state index < -0.39 is 0 Å². The molecule has 5 nitrogen and oxygen atoms in total. The fourth-order valence-corrected chi connectivity index (χ4v) is 1.44. The first-order chi connectivity index (χ1) is 6.77. The first kappa shape index (κ1) is 9.08. The first-order valence-electron chi connectivity index (χ1n) is 4.56. The second kappa shape index (κ2) is 3.71. The second-order valence-electron chi connectivity index (χ2n) is 3.34. The lowest BCUT2D eigenvalue weighted by molar-refractivity contribution is -0.142. The number of carbonyl (C=O) groups is 1. The smallest absolute Gasteiger partial charge is 0.241 e. The van der Waals surface area contributed by atoms with Crippen LogP contribution in [0.4, 0.5) is 0 Å². The van der Waals surface area contributed by atoms with Gasteiger partial charge in [-0.25, -0.2) is 0 Å². The zero-order valence-electron chi connectivity index (χ0n) is 7.76. The number of nitrogens with two attached hydrogens (primary N) is 1. The zero-order chi connectivity index (χ0) is 9.97. The molecule has 1 unspecified atom stereocenters. The predicted molar refractivity (Wildman–Crippen MR) is 50.3 cm³/mol. The average Bonchev–Trinajstić information content (AvgIpc) is 2.25. The number of hydrogen-bond donors (Lipinski definition) is 1. The van der Waals surface area contributed by atoms with Crippen LogP contribution in [0.3, 0.4) is 0 Å². The maximum atomic E-state index is 11.1. The maximum absolute atomic E-state index is 11.1. The van der Waals surface area contributed by atoms with Crippen LogP contribution in [0.5, 0.6) is 0 Å². The molecule has 0 bridgehead atoms. The van der Waals surface area contributed by atoms with E-state index in [2.05, 4.69) is 9.97 Å². The molecule has 1 aromatic heterocycles. The van der Waals surface area contributed by atoms with E-state index in [0.717, 1.165) is 12.1 Å². The molecule has 0 spiro atoms. The number of rotatable bonds is 3. The summed E-state index contributed by atoms with van der Waals surface area (Å²) in [6, 6.07) is -0.281. The Morgan fingerprint density at radius 3 is 3.00 bits per heavy atom. The minimum atomic E-state index is -0.281. The summed E-state index contributed by atoms with van der Waals surface area (Å²) in [5.74, 6) is 0.0360. The highest BCUT2D eigenvalue weighted by molar-refractivity contribution is 5.87. The molecule has 0 aromatic carbocycles. The third kappa shape index (κ3) is 1.72. The van der Waals surface area contributed by atoms with E-state index in [1.54, 1.807) is 23.5 Å². The van der Waals surface area contributed by atoms with Crippen molar-refractivity contribution in [3.8, 4) is 0 Å². The third-order valence-electron chi connectivity index (χ3n) is 2.30. The van der Waals surface area contributed by atoms with Crippen LogP contribution < -0.4 is 5.73 Å². The van der Waals surface area contributed by atoms with Gasteiger partial charge in [0.25, 0.3) is 0 Å². The molecule has 2 rings (SSSR count). The van der Waals surface area contributed by atoms with Crippen molar-refractivity contribution in [3.63, 3.8) is 0 Å².